The molecule has 4 heterocycles. The van der Waals surface area contributed by atoms with Crippen LogP contribution >= 0.6 is 11.3 Å². The predicted molar refractivity (Wildman–Crippen MR) is 251 cm³/mol. The van der Waals surface area contributed by atoms with Crippen molar-refractivity contribution >= 4 is 54.0 Å². The summed E-state index contributed by atoms with van der Waals surface area (Å²) in [5, 5.41) is 2.55. The smallest absolute Gasteiger partial charge is 0.0714 e. The molecule has 11 rings (SSSR count). The Morgan fingerprint density at radius 2 is 1.43 bits per heavy atom. The van der Waals surface area contributed by atoms with Gasteiger partial charge >= 0.3 is 0 Å². The molecule has 1 unspecified atom stereocenters. The Labute approximate surface area is 353 Å². The van der Waals surface area contributed by atoms with Gasteiger partial charge in [0.2, 0.25) is 0 Å². The monoisotopic (exact) mass is 783 g/mol. The van der Waals surface area contributed by atoms with Crippen molar-refractivity contribution in [2.24, 2.45) is 0 Å². The zero-order valence-electron chi connectivity index (χ0n) is 32.7. The Morgan fingerprint density at radius 3 is 2.30 bits per heavy atom. The molecule has 3 aliphatic carbocycles. The van der Waals surface area contributed by atoms with Gasteiger partial charge < -0.3 is 4.90 Å². The topological polar surface area (TPSA) is 29.0 Å². The fraction of sp³-hybridized carbons (Fsp3) is 0.0536. The number of fused-ring (bicyclic) bond motifs is 5. The molecule has 0 saturated heterocycles. The van der Waals surface area contributed by atoms with Crippen LogP contribution in [0.4, 0.5) is 11.4 Å². The zero-order valence-corrected chi connectivity index (χ0v) is 33.5. The summed E-state index contributed by atoms with van der Waals surface area (Å²) in [4.78, 5) is 12.0. The molecule has 0 radical (unpaired) electrons. The average Bonchev–Trinajstić information content (AvgIpc) is 3.49. The molecule has 4 heteroatoms. The number of nitrogens with zero attached hydrogens (tertiary/aromatic N) is 3. The number of aromatic nitrogens is 2. The first-order chi connectivity index (χ1) is 29.7. The van der Waals surface area contributed by atoms with Crippen LogP contribution in [0.2, 0.25) is 0 Å². The second kappa shape index (κ2) is 15.0. The molecule has 0 fully saturated rings. The Hall–Kier alpha value is -7.54. The molecule has 60 heavy (non-hydrogen) atoms. The molecule has 3 aromatic heterocycles. The first kappa shape index (κ1) is 35.6. The molecule has 282 valence electrons. The van der Waals surface area contributed by atoms with E-state index in [4.69, 9.17) is 9.97 Å². The van der Waals surface area contributed by atoms with Crippen LogP contribution in [-0.4, -0.2) is 16.5 Å². The largest absolute Gasteiger partial charge is 0.340 e. The molecule has 0 bridgehead atoms. The van der Waals surface area contributed by atoms with E-state index in [0.717, 1.165) is 52.2 Å². The molecule has 0 N–H and O–H groups in total. The van der Waals surface area contributed by atoms with Crippen molar-refractivity contribution in [3.8, 4) is 22.4 Å². The highest BCUT2D eigenvalue weighted by atomic mass is 32.1. The van der Waals surface area contributed by atoms with E-state index in [1.165, 1.54) is 53.8 Å². The van der Waals surface area contributed by atoms with Crippen LogP contribution in [0, 0.1) is 0 Å². The Morgan fingerprint density at radius 1 is 0.633 bits per heavy atom. The standard InChI is InChI=1S/C56H37N3S/c1-2-5-16-39(15-4-1)41-25-28-54-48(35-41)49-37-43(26-29-55(49)60-54)59-38-56(31-14-17-40(30-32-56)44-18-6-3-7-20-46(44)51-22-10-12-33-57-51)50-36-42(24-27-53(50)59)45-19-8-9-21-47(45)52-23-11-13-34-58-52/h1,3-17,19-29,32-37H,31,38H2. The summed E-state index contributed by atoms with van der Waals surface area (Å²) in [5.41, 5.74) is 24.6. The third-order valence-corrected chi connectivity index (χ3v) is 13.0. The van der Waals surface area contributed by atoms with Gasteiger partial charge in [0.1, 0.15) is 0 Å². The summed E-state index contributed by atoms with van der Waals surface area (Å²) in [6.45, 7) is 0.771. The quantitative estimate of drug-likeness (QED) is 0.157. The van der Waals surface area contributed by atoms with E-state index in [0.29, 0.717) is 0 Å². The van der Waals surface area contributed by atoms with Crippen LogP contribution in [0.1, 0.15) is 23.2 Å². The van der Waals surface area contributed by atoms with Gasteiger partial charge in [-0.2, -0.15) is 0 Å². The van der Waals surface area contributed by atoms with E-state index < -0.39 is 0 Å². The molecule has 7 aromatic rings. The number of benzene rings is 4. The van der Waals surface area contributed by atoms with Crippen molar-refractivity contribution in [1.82, 2.24) is 9.97 Å². The maximum absolute atomic E-state index is 4.75. The lowest BCUT2D eigenvalue weighted by Gasteiger charge is -2.26. The van der Waals surface area contributed by atoms with Gasteiger partial charge in [0, 0.05) is 78.2 Å². The van der Waals surface area contributed by atoms with E-state index in [1.807, 2.05) is 66.2 Å². The van der Waals surface area contributed by atoms with Crippen LogP contribution in [0.5, 0.6) is 0 Å². The molecular formula is C56H37N3S. The van der Waals surface area contributed by atoms with Gasteiger partial charge in [-0.3, -0.25) is 9.97 Å². The number of rotatable bonds is 6. The number of thiophene rings is 1. The Balaban J connectivity index is 1.06. The minimum Gasteiger partial charge on any atom is -0.340 e. The van der Waals surface area contributed by atoms with E-state index in [-0.39, 0.29) is 5.41 Å². The number of pyridine rings is 2. The summed E-state index contributed by atoms with van der Waals surface area (Å²) in [6, 6.07) is 41.7. The minimum absolute atomic E-state index is 0.357. The zero-order chi connectivity index (χ0) is 39.9. The second-order valence-corrected chi connectivity index (χ2v) is 16.5. The van der Waals surface area contributed by atoms with Crippen LogP contribution in [0.25, 0.3) is 53.7 Å². The van der Waals surface area contributed by atoms with Gasteiger partial charge in [-0.05, 0) is 137 Å². The van der Waals surface area contributed by atoms with Gasteiger partial charge in [0.05, 0.1) is 11.4 Å². The highest BCUT2D eigenvalue weighted by Gasteiger charge is 2.42. The SMILES string of the molecule is C1=CC=CC(c2ccc3sc4ccc(N5CC6(C=C=C(C7=C=CC=CC=C7c7ccccn7)C=CC6)c6cc(-c7ccccc7-c7ccccn7)ccc65)cc4c3c2)=CC=1. The molecule has 1 atom stereocenters. The van der Waals surface area contributed by atoms with Crippen molar-refractivity contribution < 1.29 is 0 Å². The van der Waals surface area contributed by atoms with E-state index in [2.05, 4.69) is 168 Å². The summed E-state index contributed by atoms with van der Waals surface area (Å²) in [7, 11) is 0. The molecule has 0 amide bonds. The molecule has 4 aromatic carbocycles. The van der Waals surface area contributed by atoms with Crippen molar-refractivity contribution in [3.63, 3.8) is 0 Å². The number of allylic oxidation sites excluding steroid dienone is 12. The van der Waals surface area contributed by atoms with Crippen LogP contribution in [0.3, 0.4) is 0 Å². The lowest BCUT2D eigenvalue weighted by atomic mass is 9.78. The molecule has 4 aliphatic rings. The minimum atomic E-state index is -0.357. The molecule has 1 aliphatic heterocycles. The van der Waals surface area contributed by atoms with Gasteiger partial charge in [-0.25, -0.2) is 0 Å². The lowest BCUT2D eigenvalue weighted by molar-refractivity contribution is 0.586. The van der Waals surface area contributed by atoms with Crippen LogP contribution in [0.15, 0.2) is 229 Å². The van der Waals surface area contributed by atoms with E-state index in [9.17, 15) is 0 Å². The summed E-state index contributed by atoms with van der Waals surface area (Å²) >= 11 is 1.86. The summed E-state index contributed by atoms with van der Waals surface area (Å²) < 4.78 is 2.58. The highest BCUT2D eigenvalue weighted by molar-refractivity contribution is 7.25. The van der Waals surface area contributed by atoms with Gasteiger partial charge in [0.15, 0.2) is 0 Å². The normalized spacial score (nSPS) is 17.7. The fourth-order valence-electron chi connectivity index (χ4n) is 8.88. The lowest BCUT2D eigenvalue weighted by Crippen LogP contribution is -2.29. The van der Waals surface area contributed by atoms with Crippen molar-refractivity contribution in [2.75, 3.05) is 11.4 Å². The molecule has 3 nitrogen and oxygen atoms in total. The third-order valence-electron chi connectivity index (χ3n) is 11.8. The number of anilines is 2. The van der Waals surface area contributed by atoms with Gasteiger partial charge in [-0.15, -0.1) is 28.5 Å². The van der Waals surface area contributed by atoms with E-state index in [1.54, 1.807) is 0 Å². The summed E-state index contributed by atoms with van der Waals surface area (Å²) in [6.07, 6.45) is 29.9. The Kier molecular flexibility index (Phi) is 8.90. The van der Waals surface area contributed by atoms with Gasteiger partial charge in [0.25, 0.3) is 0 Å². The predicted octanol–water partition coefficient (Wildman–Crippen LogP) is 14.0. The van der Waals surface area contributed by atoms with Crippen molar-refractivity contribution in [1.29, 1.82) is 0 Å². The highest BCUT2D eigenvalue weighted by Crippen LogP contribution is 2.51. The number of hydrogen-bond acceptors (Lipinski definition) is 4. The summed E-state index contributed by atoms with van der Waals surface area (Å²) in [5.74, 6) is 0. The van der Waals surface area contributed by atoms with Gasteiger partial charge in [-0.1, -0.05) is 85.0 Å². The average molecular weight is 784 g/mol. The third kappa shape index (κ3) is 6.35. The van der Waals surface area contributed by atoms with Crippen LogP contribution < -0.4 is 4.90 Å². The maximum atomic E-state index is 4.75. The Bertz CT molecular complexity index is 3260. The fourth-order valence-corrected chi connectivity index (χ4v) is 9.95. The number of hydrogen-bond donors (Lipinski definition) is 0. The molecule has 0 saturated carbocycles. The molecule has 1 spiro atoms. The van der Waals surface area contributed by atoms with E-state index >= 15 is 0 Å². The molecular weight excluding hydrogens is 747 g/mol. The van der Waals surface area contributed by atoms with Crippen molar-refractivity contribution in [2.45, 2.75) is 11.8 Å². The second-order valence-electron chi connectivity index (χ2n) is 15.4. The maximum Gasteiger partial charge on any atom is 0.0714 e. The first-order valence-corrected chi connectivity index (χ1v) is 21.1. The first-order valence-electron chi connectivity index (χ1n) is 20.3. The van der Waals surface area contributed by atoms with Crippen LogP contribution in [-0.2, 0) is 5.41 Å². The van der Waals surface area contributed by atoms with Crippen molar-refractivity contribution in [3.05, 3.63) is 246 Å².